The van der Waals surface area contributed by atoms with Gasteiger partial charge in [0.1, 0.15) is 11.4 Å². The fraction of sp³-hybridized carbons (Fsp3) is 0.632. The Hall–Kier alpha value is -1.69. The van der Waals surface area contributed by atoms with Gasteiger partial charge < -0.3 is 4.90 Å². The molecule has 4 rings (SSSR count). The van der Waals surface area contributed by atoms with Crippen LogP contribution in [0.2, 0.25) is 0 Å². The van der Waals surface area contributed by atoms with E-state index < -0.39 is 0 Å². The van der Waals surface area contributed by atoms with Crippen LogP contribution in [0.3, 0.4) is 0 Å². The third-order valence-corrected chi connectivity index (χ3v) is 6.66. The summed E-state index contributed by atoms with van der Waals surface area (Å²) in [7, 11) is 0. The molecule has 1 saturated heterocycles. The van der Waals surface area contributed by atoms with Crippen molar-refractivity contribution < 1.29 is 4.79 Å². The second kappa shape index (κ2) is 7.28. The minimum absolute atomic E-state index is 0.0372. The maximum Gasteiger partial charge on any atom is 0.262 e. The minimum Gasteiger partial charge on any atom is -0.341 e. The van der Waals surface area contributed by atoms with Crippen molar-refractivity contribution in [3.05, 3.63) is 27.1 Å². The monoisotopic (exact) mass is 359 g/mol. The highest BCUT2D eigenvalue weighted by Gasteiger charge is 2.21. The number of likely N-dealkylation sites (tertiary alicyclic amines) is 1. The zero-order valence-electron chi connectivity index (χ0n) is 14.6. The summed E-state index contributed by atoms with van der Waals surface area (Å²) >= 11 is 1.65. The second-order valence-electron chi connectivity index (χ2n) is 7.22. The summed E-state index contributed by atoms with van der Waals surface area (Å²) in [4.78, 5) is 34.2. The molecule has 0 radical (unpaired) electrons. The molecule has 2 aliphatic rings. The summed E-state index contributed by atoms with van der Waals surface area (Å²) in [6.45, 7) is 1.75. The number of thiophene rings is 1. The highest BCUT2D eigenvalue weighted by molar-refractivity contribution is 7.18. The van der Waals surface area contributed by atoms with E-state index in [1.807, 2.05) is 4.90 Å². The average Bonchev–Trinajstić information content (AvgIpc) is 2.96. The molecule has 0 bridgehead atoms. The summed E-state index contributed by atoms with van der Waals surface area (Å²) in [5, 5.41) is 0.766. The van der Waals surface area contributed by atoms with Crippen molar-refractivity contribution in [1.82, 2.24) is 14.5 Å². The van der Waals surface area contributed by atoms with Crippen molar-refractivity contribution in [3.63, 3.8) is 0 Å². The standard InChI is InChI=1S/C19H25N3O2S/c23-16(21-10-6-2-1-3-7-11-21)12-22-13-20-18-17(19(22)24)14-8-4-5-9-15(14)25-18/h13H,1-12H2. The predicted molar refractivity (Wildman–Crippen MR) is 100 cm³/mol. The second-order valence-corrected chi connectivity index (χ2v) is 8.30. The van der Waals surface area contributed by atoms with Crippen LogP contribution in [0.25, 0.3) is 10.2 Å². The van der Waals surface area contributed by atoms with Gasteiger partial charge in [0.05, 0.1) is 11.7 Å². The first kappa shape index (κ1) is 16.8. The van der Waals surface area contributed by atoms with Gasteiger partial charge in [0.2, 0.25) is 5.91 Å². The highest BCUT2D eigenvalue weighted by Crippen LogP contribution is 2.33. The Morgan fingerprint density at radius 2 is 1.76 bits per heavy atom. The maximum atomic E-state index is 13.0. The topological polar surface area (TPSA) is 55.2 Å². The SMILES string of the molecule is O=C(Cn1cnc2sc3c(c2c1=O)CCCC3)N1CCCCCCC1. The predicted octanol–water partition coefficient (Wildman–Crippen LogP) is 3.13. The summed E-state index contributed by atoms with van der Waals surface area (Å²) in [6, 6.07) is 0. The van der Waals surface area contributed by atoms with E-state index >= 15 is 0 Å². The number of aryl methyl sites for hydroxylation is 2. The number of fused-ring (bicyclic) bond motifs is 3. The van der Waals surface area contributed by atoms with E-state index in [0.717, 1.165) is 55.4 Å². The van der Waals surface area contributed by atoms with Crippen LogP contribution in [0.15, 0.2) is 11.1 Å². The number of carbonyl (C=O) groups is 1. The first-order valence-electron chi connectivity index (χ1n) is 9.51. The lowest BCUT2D eigenvalue weighted by molar-refractivity contribution is -0.132. The fourth-order valence-corrected chi connectivity index (χ4v) is 5.26. The van der Waals surface area contributed by atoms with E-state index in [2.05, 4.69) is 4.98 Å². The molecule has 1 aliphatic carbocycles. The van der Waals surface area contributed by atoms with Crippen molar-refractivity contribution in [3.8, 4) is 0 Å². The molecule has 0 saturated carbocycles. The first-order chi connectivity index (χ1) is 12.2. The summed E-state index contributed by atoms with van der Waals surface area (Å²) in [5.74, 6) is 0.0502. The van der Waals surface area contributed by atoms with Crippen LogP contribution in [0.5, 0.6) is 0 Å². The Labute approximate surface area is 151 Å². The van der Waals surface area contributed by atoms with Crippen molar-refractivity contribution in [1.29, 1.82) is 0 Å². The molecule has 3 heterocycles. The van der Waals surface area contributed by atoms with Gasteiger partial charge in [-0.05, 0) is 44.1 Å². The molecule has 2 aromatic heterocycles. The number of aromatic nitrogens is 2. The van der Waals surface area contributed by atoms with Gasteiger partial charge in [-0.2, -0.15) is 0 Å². The molecular weight excluding hydrogens is 334 g/mol. The van der Waals surface area contributed by atoms with Crippen molar-refractivity contribution in [2.75, 3.05) is 13.1 Å². The Kier molecular flexibility index (Phi) is 4.88. The third-order valence-electron chi connectivity index (χ3n) is 5.46. The Morgan fingerprint density at radius 3 is 2.56 bits per heavy atom. The molecule has 2 aromatic rings. The highest BCUT2D eigenvalue weighted by atomic mass is 32.1. The lowest BCUT2D eigenvalue weighted by Gasteiger charge is -2.25. The van der Waals surface area contributed by atoms with Gasteiger partial charge in [0.25, 0.3) is 5.56 Å². The molecule has 0 atom stereocenters. The molecule has 0 aromatic carbocycles. The van der Waals surface area contributed by atoms with Crippen LogP contribution in [0.4, 0.5) is 0 Å². The molecule has 1 aliphatic heterocycles. The van der Waals surface area contributed by atoms with Crippen LogP contribution in [0.1, 0.15) is 55.4 Å². The van der Waals surface area contributed by atoms with E-state index in [0.29, 0.717) is 0 Å². The Bertz CT molecular complexity index is 831. The van der Waals surface area contributed by atoms with Crippen LogP contribution < -0.4 is 5.56 Å². The molecule has 1 amide bonds. The molecule has 0 unspecified atom stereocenters. The molecule has 1 fully saturated rings. The molecule has 134 valence electrons. The van der Waals surface area contributed by atoms with Gasteiger partial charge in [-0.1, -0.05) is 19.3 Å². The van der Waals surface area contributed by atoms with E-state index in [4.69, 9.17) is 0 Å². The zero-order valence-corrected chi connectivity index (χ0v) is 15.4. The van der Waals surface area contributed by atoms with E-state index in [-0.39, 0.29) is 18.0 Å². The molecule has 0 spiro atoms. The number of hydrogen-bond acceptors (Lipinski definition) is 4. The molecular formula is C19H25N3O2S. The minimum atomic E-state index is -0.0372. The number of nitrogens with zero attached hydrogens (tertiary/aromatic N) is 3. The van der Waals surface area contributed by atoms with Crippen LogP contribution >= 0.6 is 11.3 Å². The number of rotatable bonds is 2. The van der Waals surface area contributed by atoms with Gasteiger partial charge in [-0.15, -0.1) is 11.3 Å². The number of carbonyl (C=O) groups excluding carboxylic acids is 1. The molecule has 6 heteroatoms. The molecule has 25 heavy (non-hydrogen) atoms. The lowest BCUT2D eigenvalue weighted by Crippen LogP contribution is -2.38. The van der Waals surface area contributed by atoms with Crippen LogP contribution in [0, 0.1) is 0 Å². The fourth-order valence-electron chi connectivity index (χ4n) is 4.04. The lowest BCUT2D eigenvalue weighted by atomic mass is 9.97. The first-order valence-corrected chi connectivity index (χ1v) is 10.3. The molecule has 5 nitrogen and oxygen atoms in total. The maximum absolute atomic E-state index is 13.0. The van der Waals surface area contributed by atoms with E-state index in [9.17, 15) is 9.59 Å². The quantitative estimate of drug-likeness (QED) is 0.828. The van der Waals surface area contributed by atoms with Crippen molar-refractivity contribution in [2.24, 2.45) is 0 Å². The summed E-state index contributed by atoms with van der Waals surface area (Å²) in [5.41, 5.74) is 1.15. The third kappa shape index (κ3) is 3.36. The van der Waals surface area contributed by atoms with Gasteiger partial charge >= 0.3 is 0 Å². The van der Waals surface area contributed by atoms with Gasteiger partial charge in [-0.25, -0.2) is 4.98 Å². The van der Waals surface area contributed by atoms with Crippen LogP contribution in [-0.2, 0) is 24.2 Å². The van der Waals surface area contributed by atoms with E-state index in [1.165, 1.54) is 40.7 Å². The van der Waals surface area contributed by atoms with Crippen molar-refractivity contribution >= 4 is 27.5 Å². The molecule has 0 N–H and O–H groups in total. The smallest absolute Gasteiger partial charge is 0.262 e. The van der Waals surface area contributed by atoms with Gasteiger partial charge in [-0.3, -0.25) is 14.2 Å². The van der Waals surface area contributed by atoms with Gasteiger partial charge in [0.15, 0.2) is 0 Å². The van der Waals surface area contributed by atoms with Crippen molar-refractivity contribution in [2.45, 2.75) is 64.3 Å². The number of hydrogen-bond donors (Lipinski definition) is 0. The largest absolute Gasteiger partial charge is 0.341 e. The Morgan fingerprint density at radius 1 is 1.04 bits per heavy atom. The van der Waals surface area contributed by atoms with Gasteiger partial charge in [0, 0.05) is 18.0 Å². The van der Waals surface area contributed by atoms with E-state index in [1.54, 1.807) is 17.7 Å². The normalized spacial score (nSPS) is 18.6. The summed E-state index contributed by atoms with van der Waals surface area (Å²) < 4.78 is 1.52. The van der Waals surface area contributed by atoms with Crippen LogP contribution in [-0.4, -0.2) is 33.4 Å². The Balaban J connectivity index is 1.59. The average molecular weight is 359 g/mol. The zero-order chi connectivity index (χ0) is 17.2. The summed E-state index contributed by atoms with van der Waals surface area (Å²) in [6.07, 6.45) is 11.7. The number of amides is 1.